The first-order valence-corrected chi connectivity index (χ1v) is 7.09. The largest absolute Gasteiger partial charge is 0.301 e. The van der Waals surface area contributed by atoms with Crippen LogP contribution in [0.15, 0.2) is 54.6 Å². The highest BCUT2D eigenvalue weighted by Gasteiger charge is 2.19. The SMILES string of the molecule is CC(CN(C)Cc1ccccc1)C(=O)c1ccccc1F. The van der Waals surface area contributed by atoms with Crippen molar-refractivity contribution < 1.29 is 9.18 Å². The maximum atomic E-state index is 13.7. The number of carbonyl (C=O) groups is 1. The Kier molecular flexibility index (Phi) is 5.23. The molecule has 0 spiro atoms. The van der Waals surface area contributed by atoms with Gasteiger partial charge in [-0.05, 0) is 24.7 Å². The van der Waals surface area contributed by atoms with Crippen molar-refractivity contribution in [3.05, 3.63) is 71.5 Å². The van der Waals surface area contributed by atoms with Gasteiger partial charge >= 0.3 is 0 Å². The Balaban J connectivity index is 1.96. The summed E-state index contributed by atoms with van der Waals surface area (Å²) in [6.07, 6.45) is 0. The van der Waals surface area contributed by atoms with Gasteiger partial charge in [-0.15, -0.1) is 0 Å². The zero-order valence-corrected chi connectivity index (χ0v) is 12.4. The van der Waals surface area contributed by atoms with Gasteiger partial charge in [-0.2, -0.15) is 0 Å². The molecule has 21 heavy (non-hydrogen) atoms. The molecule has 0 bridgehead atoms. The second-order valence-electron chi connectivity index (χ2n) is 5.43. The second-order valence-corrected chi connectivity index (χ2v) is 5.43. The number of halogens is 1. The molecule has 2 aromatic carbocycles. The molecular weight excluding hydrogens is 265 g/mol. The van der Waals surface area contributed by atoms with E-state index in [2.05, 4.69) is 17.0 Å². The summed E-state index contributed by atoms with van der Waals surface area (Å²) in [6.45, 7) is 3.22. The van der Waals surface area contributed by atoms with Crippen molar-refractivity contribution in [3.63, 3.8) is 0 Å². The molecule has 0 radical (unpaired) electrons. The van der Waals surface area contributed by atoms with Crippen LogP contribution in [0.5, 0.6) is 0 Å². The molecule has 1 atom stereocenters. The Morgan fingerprint density at radius 3 is 2.38 bits per heavy atom. The molecule has 0 aromatic heterocycles. The van der Waals surface area contributed by atoms with E-state index in [0.717, 1.165) is 6.54 Å². The summed E-state index contributed by atoms with van der Waals surface area (Å²) in [5.41, 5.74) is 1.38. The lowest BCUT2D eigenvalue weighted by Gasteiger charge is -2.20. The summed E-state index contributed by atoms with van der Waals surface area (Å²) in [4.78, 5) is 14.4. The van der Waals surface area contributed by atoms with Gasteiger partial charge in [0.1, 0.15) is 5.82 Å². The molecule has 2 aromatic rings. The molecule has 0 heterocycles. The third kappa shape index (κ3) is 4.23. The van der Waals surface area contributed by atoms with E-state index in [0.29, 0.717) is 6.54 Å². The maximum Gasteiger partial charge on any atom is 0.169 e. The summed E-state index contributed by atoms with van der Waals surface area (Å²) in [5.74, 6) is -0.830. The maximum absolute atomic E-state index is 13.7. The van der Waals surface area contributed by atoms with E-state index in [1.807, 2.05) is 32.2 Å². The van der Waals surface area contributed by atoms with Crippen LogP contribution in [0.1, 0.15) is 22.8 Å². The normalized spacial score (nSPS) is 12.4. The van der Waals surface area contributed by atoms with Crippen LogP contribution in [-0.2, 0) is 6.54 Å². The molecule has 1 unspecified atom stereocenters. The summed E-state index contributed by atoms with van der Waals surface area (Å²) < 4.78 is 13.7. The molecule has 2 rings (SSSR count). The van der Waals surface area contributed by atoms with Gasteiger partial charge in [0.25, 0.3) is 0 Å². The number of hydrogen-bond donors (Lipinski definition) is 0. The minimum atomic E-state index is -0.444. The van der Waals surface area contributed by atoms with E-state index in [9.17, 15) is 9.18 Å². The highest BCUT2D eigenvalue weighted by Crippen LogP contribution is 2.14. The van der Waals surface area contributed by atoms with Gasteiger partial charge < -0.3 is 4.90 Å². The molecule has 3 heteroatoms. The topological polar surface area (TPSA) is 20.3 Å². The summed E-state index contributed by atoms with van der Waals surface area (Å²) in [6, 6.07) is 16.2. The fourth-order valence-corrected chi connectivity index (χ4v) is 2.44. The van der Waals surface area contributed by atoms with E-state index in [4.69, 9.17) is 0 Å². The van der Waals surface area contributed by atoms with Crippen LogP contribution in [0.4, 0.5) is 4.39 Å². The van der Waals surface area contributed by atoms with Crippen LogP contribution in [-0.4, -0.2) is 24.3 Å². The lowest BCUT2D eigenvalue weighted by Crippen LogP contribution is -2.28. The first kappa shape index (κ1) is 15.4. The zero-order chi connectivity index (χ0) is 15.2. The predicted molar refractivity (Wildman–Crippen MR) is 82.7 cm³/mol. The first-order chi connectivity index (χ1) is 10.1. The van der Waals surface area contributed by atoms with E-state index < -0.39 is 5.82 Å². The zero-order valence-electron chi connectivity index (χ0n) is 12.4. The Morgan fingerprint density at radius 2 is 1.71 bits per heavy atom. The number of carbonyl (C=O) groups excluding carboxylic acids is 1. The number of Topliss-reactive ketones (excluding diaryl/α,β-unsaturated/α-hetero) is 1. The van der Waals surface area contributed by atoms with Crippen molar-refractivity contribution in [1.29, 1.82) is 0 Å². The summed E-state index contributed by atoms with van der Waals surface area (Å²) in [7, 11) is 1.97. The quantitative estimate of drug-likeness (QED) is 0.753. The van der Waals surface area contributed by atoms with Crippen LogP contribution in [0, 0.1) is 11.7 Å². The number of rotatable bonds is 6. The fourth-order valence-electron chi connectivity index (χ4n) is 2.44. The third-order valence-corrected chi connectivity index (χ3v) is 3.47. The number of hydrogen-bond acceptors (Lipinski definition) is 2. The van der Waals surface area contributed by atoms with Gasteiger partial charge in [0.2, 0.25) is 0 Å². The fraction of sp³-hybridized carbons (Fsp3) is 0.278. The van der Waals surface area contributed by atoms with Crippen molar-refractivity contribution in [3.8, 4) is 0 Å². The molecule has 0 saturated heterocycles. The molecule has 0 amide bonds. The second kappa shape index (κ2) is 7.14. The molecule has 0 saturated carbocycles. The van der Waals surface area contributed by atoms with Crippen LogP contribution in [0.3, 0.4) is 0 Å². The van der Waals surface area contributed by atoms with Gasteiger partial charge in [-0.1, -0.05) is 49.4 Å². The average Bonchev–Trinajstić information content (AvgIpc) is 2.48. The standard InChI is InChI=1S/C18H20FNO/c1-14(18(21)16-10-6-7-11-17(16)19)12-20(2)13-15-8-4-3-5-9-15/h3-11,14H,12-13H2,1-2H3. The molecule has 0 aliphatic rings. The van der Waals surface area contributed by atoms with E-state index in [1.54, 1.807) is 18.2 Å². The van der Waals surface area contributed by atoms with E-state index >= 15 is 0 Å². The smallest absolute Gasteiger partial charge is 0.169 e. The summed E-state index contributed by atoms with van der Waals surface area (Å²) >= 11 is 0. The highest BCUT2D eigenvalue weighted by atomic mass is 19.1. The Hall–Kier alpha value is -2.00. The Morgan fingerprint density at radius 1 is 1.10 bits per heavy atom. The Labute approximate surface area is 125 Å². The lowest BCUT2D eigenvalue weighted by molar-refractivity contribution is 0.0897. The number of nitrogens with zero attached hydrogens (tertiary/aromatic N) is 1. The molecule has 110 valence electrons. The van der Waals surface area contributed by atoms with Crippen LogP contribution in [0.2, 0.25) is 0 Å². The van der Waals surface area contributed by atoms with Gasteiger partial charge in [0, 0.05) is 19.0 Å². The first-order valence-electron chi connectivity index (χ1n) is 7.09. The van der Waals surface area contributed by atoms with Crippen molar-refractivity contribution >= 4 is 5.78 Å². The molecular formula is C18H20FNO. The van der Waals surface area contributed by atoms with Crippen molar-refractivity contribution in [2.24, 2.45) is 5.92 Å². The molecule has 2 nitrogen and oxygen atoms in total. The minimum absolute atomic E-state index is 0.145. The van der Waals surface area contributed by atoms with Crippen LogP contribution in [0.25, 0.3) is 0 Å². The minimum Gasteiger partial charge on any atom is -0.301 e. The van der Waals surface area contributed by atoms with Gasteiger partial charge in [0.15, 0.2) is 5.78 Å². The van der Waals surface area contributed by atoms with Crippen LogP contribution < -0.4 is 0 Å². The van der Waals surface area contributed by atoms with E-state index in [1.165, 1.54) is 11.6 Å². The predicted octanol–water partition coefficient (Wildman–Crippen LogP) is 3.78. The molecule has 0 aliphatic carbocycles. The van der Waals surface area contributed by atoms with Crippen LogP contribution >= 0.6 is 0 Å². The molecule has 0 N–H and O–H groups in total. The number of ketones is 1. The monoisotopic (exact) mass is 285 g/mol. The van der Waals surface area contributed by atoms with Crippen molar-refractivity contribution in [2.75, 3.05) is 13.6 Å². The molecule has 0 aliphatic heterocycles. The van der Waals surface area contributed by atoms with Gasteiger partial charge in [0.05, 0.1) is 5.56 Å². The van der Waals surface area contributed by atoms with E-state index in [-0.39, 0.29) is 17.3 Å². The van der Waals surface area contributed by atoms with Gasteiger partial charge in [-0.3, -0.25) is 4.79 Å². The van der Waals surface area contributed by atoms with Gasteiger partial charge in [-0.25, -0.2) is 4.39 Å². The molecule has 0 fully saturated rings. The summed E-state index contributed by atoms with van der Waals surface area (Å²) in [5, 5.41) is 0. The lowest BCUT2D eigenvalue weighted by atomic mass is 9.98. The Bertz CT molecular complexity index is 597. The average molecular weight is 285 g/mol. The van der Waals surface area contributed by atoms with Crippen molar-refractivity contribution in [1.82, 2.24) is 4.90 Å². The number of benzene rings is 2. The third-order valence-electron chi connectivity index (χ3n) is 3.47. The highest BCUT2D eigenvalue weighted by molar-refractivity contribution is 5.98. The van der Waals surface area contributed by atoms with Crippen molar-refractivity contribution in [2.45, 2.75) is 13.5 Å².